The fourth-order valence-electron chi connectivity index (χ4n) is 2.62. The molecule has 1 aromatic heterocycles. The van der Waals surface area contributed by atoms with Crippen LogP contribution in [0.4, 0.5) is 5.69 Å². The summed E-state index contributed by atoms with van der Waals surface area (Å²) in [5.74, 6) is 0.572. The van der Waals surface area contributed by atoms with E-state index in [4.69, 9.17) is 0 Å². The van der Waals surface area contributed by atoms with Crippen LogP contribution >= 0.6 is 0 Å². The van der Waals surface area contributed by atoms with Gasteiger partial charge < -0.3 is 10.6 Å². The Morgan fingerprint density at radius 3 is 2.43 bits per heavy atom. The first-order valence-corrected chi connectivity index (χ1v) is 11.1. The summed E-state index contributed by atoms with van der Waals surface area (Å²) in [5.41, 5.74) is 3.18. The standard InChI is InChI=1S/C22H25N5O2S/c1-18-9-11-19(12-10-18)16-25-22(27-20-6-3-2-4-7-20)24-14-15-26-30(28,29)21-8-5-13-23-17-21/h2-13,17,26H,14-16H2,1H3,(H2,24,25,27). The van der Waals surface area contributed by atoms with Crippen LogP contribution in [0.5, 0.6) is 0 Å². The van der Waals surface area contributed by atoms with Crippen LogP contribution in [0, 0.1) is 6.92 Å². The number of benzene rings is 2. The van der Waals surface area contributed by atoms with Gasteiger partial charge in [-0.15, -0.1) is 0 Å². The minimum Gasteiger partial charge on any atom is -0.355 e. The van der Waals surface area contributed by atoms with Gasteiger partial charge in [-0.1, -0.05) is 48.0 Å². The van der Waals surface area contributed by atoms with Crippen LogP contribution in [0.3, 0.4) is 0 Å². The summed E-state index contributed by atoms with van der Waals surface area (Å²) in [5, 5.41) is 6.41. The number of pyridine rings is 1. The summed E-state index contributed by atoms with van der Waals surface area (Å²) in [4.78, 5) is 8.61. The van der Waals surface area contributed by atoms with E-state index in [9.17, 15) is 8.42 Å². The third-order valence-corrected chi connectivity index (χ3v) is 5.68. The highest BCUT2D eigenvalue weighted by Crippen LogP contribution is 2.07. The molecular weight excluding hydrogens is 398 g/mol. The predicted octanol–water partition coefficient (Wildman–Crippen LogP) is 2.93. The molecule has 0 radical (unpaired) electrons. The van der Waals surface area contributed by atoms with Crippen molar-refractivity contribution in [1.29, 1.82) is 0 Å². The largest absolute Gasteiger partial charge is 0.355 e. The van der Waals surface area contributed by atoms with Crippen molar-refractivity contribution < 1.29 is 8.42 Å². The first-order valence-electron chi connectivity index (χ1n) is 9.58. The average Bonchev–Trinajstić information content (AvgIpc) is 2.77. The Hall–Kier alpha value is -3.23. The van der Waals surface area contributed by atoms with E-state index in [1.165, 1.54) is 24.0 Å². The number of aliphatic imine (C=N–C) groups is 1. The molecule has 156 valence electrons. The molecule has 3 N–H and O–H groups in total. The van der Waals surface area contributed by atoms with Gasteiger partial charge in [0.2, 0.25) is 10.0 Å². The number of aromatic nitrogens is 1. The number of nitrogens with one attached hydrogen (secondary N) is 3. The van der Waals surface area contributed by atoms with E-state index in [1.807, 2.05) is 49.4 Å². The second-order valence-corrected chi connectivity index (χ2v) is 8.42. The Kier molecular flexibility index (Phi) is 7.53. The van der Waals surface area contributed by atoms with Crippen LogP contribution in [0.25, 0.3) is 0 Å². The molecular formula is C22H25N5O2S. The van der Waals surface area contributed by atoms with Crippen molar-refractivity contribution in [1.82, 2.24) is 15.0 Å². The molecule has 0 unspecified atom stereocenters. The lowest BCUT2D eigenvalue weighted by atomic mass is 10.1. The van der Waals surface area contributed by atoms with Crippen LogP contribution in [0.15, 0.2) is 89.0 Å². The van der Waals surface area contributed by atoms with Crippen LogP contribution in [-0.4, -0.2) is 32.5 Å². The number of nitrogens with zero attached hydrogens (tertiary/aromatic N) is 2. The van der Waals surface area contributed by atoms with E-state index in [0.29, 0.717) is 19.0 Å². The molecule has 0 saturated carbocycles. The van der Waals surface area contributed by atoms with Gasteiger partial charge in [-0.05, 0) is 36.8 Å². The van der Waals surface area contributed by atoms with E-state index < -0.39 is 10.0 Å². The lowest BCUT2D eigenvalue weighted by Gasteiger charge is -2.13. The van der Waals surface area contributed by atoms with Crippen molar-refractivity contribution in [3.63, 3.8) is 0 Å². The SMILES string of the molecule is Cc1ccc(CN=C(NCCNS(=O)(=O)c2cccnc2)Nc2ccccc2)cc1. The predicted molar refractivity (Wildman–Crippen MR) is 120 cm³/mol. The Labute approximate surface area is 177 Å². The summed E-state index contributed by atoms with van der Waals surface area (Å²) in [6, 6.07) is 21.0. The summed E-state index contributed by atoms with van der Waals surface area (Å²) >= 11 is 0. The van der Waals surface area contributed by atoms with Gasteiger partial charge in [0.1, 0.15) is 4.90 Å². The van der Waals surface area contributed by atoms with E-state index in [-0.39, 0.29) is 11.4 Å². The number of rotatable bonds is 8. The fourth-order valence-corrected chi connectivity index (χ4v) is 3.61. The van der Waals surface area contributed by atoms with Gasteiger partial charge in [0.05, 0.1) is 6.54 Å². The van der Waals surface area contributed by atoms with Crippen LogP contribution < -0.4 is 15.4 Å². The first-order chi connectivity index (χ1) is 14.5. The quantitative estimate of drug-likeness (QED) is 0.294. The number of guanidine groups is 1. The van der Waals surface area contributed by atoms with Gasteiger partial charge >= 0.3 is 0 Å². The summed E-state index contributed by atoms with van der Waals surface area (Å²) in [6.45, 7) is 3.12. The summed E-state index contributed by atoms with van der Waals surface area (Å²) in [7, 11) is -3.59. The van der Waals surface area contributed by atoms with Gasteiger partial charge in [-0.3, -0.25) is 4.98 Å². The molecule has 1 heterocycles. The minimum absolute atomic E-state index is 0.140. The van der Waals surface area contributed by atoms with Crippen molar-refractivity contribution in [2.75, 3.05) is 18.4 Å². The van der Waals surface area contributed by atoms with Gasteiger partial charge in [0.25, 0.3) is 0 Å². The normalized spacial score (nSPS) is 11.8. The maximum absolute atomic E-state index is 12.3. The molecule has 8 heteroatoms. The molecule has 0 amide bonds. The lowest BCUT2D eigenvalue weighted by Crippen LogP contribution is -2.38. The summed E-state index contributed by atoms with van der Waals surface area (Å²) < 4.78 is 27.1. The van der Waals surface area contributed by atoms with E-state index >= 15 is 0 Å². The van der Waals surface area contributed by atoms with Crippen molar-refractivity contribution in [3.05, 3.63) is 90.3 Å². The lowest BCUT2D eigenvalue weighted by molar-refractivity contribution is 0.580. The van der Waals surface area contributed by atoms with E-state index in [0.717, 1.165) is 11.3 Å². The van der Waals surface area contributed by atoms with Gasteiger partial charge in [-0.25, -0.2) is 18.1 Å². The molecule has 0 aliphatic rings. The summed E-state index contributed by atoms with van der Waals surface area (Å²) in [6.07, 6.45) is 2.85. The topological polar surface area (TPSA) is 95.5 Å². The highest BCUT2D eigenvalue weighted by Gasteiger charge is 2.12. The monoisotopic (exact) mass is 423 g/mol. The Morgan fingerprint density at radius 1 is 0.967 bits per heavy atom. The van der Waals surface area contributed by atoms with Crippen molar-refractivity contribution in [3.8, 4) is 0 Å². The molecule has 0 saturated heterocycles. The molecule has 0 aliphatic heterocycles. The molecule has 0 atom stereocenters. The molecule has 0 aliphatic carbocycles. The van der Waals surface area contributed by atoms with Crippen molar-refractivity contribution >= 4 is 21.7 Å². The zero-order valence-corrected chi connectivity index (χ0v) is 17.6. The third kappa shape index (κ3) is 6.68. The fraction of sp³-hybridized carbons (Fsp3) is 0.182. The zero-order chi connectivity index (χ0) is 21.2. The maximum atomic E-state index is 12.3. The Morgan fingerprint density at radius 2 is 1.73 bits per heavy atom. The minimum atomic E-state index is -3.59. The average molecular weight is 424 g/mol. The molecule has 0 spiro atoms. The number of aryl methyl sites for hydroxylation is 1. The second kappa shape index (κ2) is 10.5. The molecule has 0 fully saturated rings. The molecule has 7 nitrogen and oxygen atoms in total. The highest BCUT2D eigenvalue weighted by atomic mass is 32.2. The van der Waals surface area contributed by atoms with Crippen molar-refractivity contribution in [2.24, 2.45) is 4.99 Å². The maximum Gasteiger partial charge on any atom is 0.242 e. The number of hydrogen-bond donors (Lipinski definition) is 3. The van der Waals surface area contributed by atoms with Crippen molar-refractivity contribution in [2.45, 2.75) is 18.4 Å². The number of sulfonamides is 1. The third-order valence-electron chi connectivity index (χ3n) is 4.23. The van der Waals surface area contributed by atoms with Crippen LogP contribution in [0.2, 0.25) is 0 Å². The number of para-hydroxylation sites is 1. The van der Waals surface area contributed by atoms with E-state index in [1.54, 1.807) is 6.07 Å². The van der Waals surface area contributed by atoms with Gasteiger partial charge in [0, 0.05) is 31.2 Å². The first kappa shape index (κ1) is 21.5. The molecule has 2 aromatic carbocycles. The van der Waals surface area contributed by atoms with Crippen LogP contribution in [-0.2, 0) is 16.6 Å². The Bertz CT molecular complexity index is 1050. The molecule has 3 aromatic rings. The smallest absolute Gasteiger partial charge is 0.242 e. The van der Waals surface area contributed by atoms with Gasteiger partial charge in [0.15, 0.2) is 5.96 Å². The molecule has 30 heavy (non-hydrogen) atoms. The Balaban J connectivity index is 1.60. The number of hydrogen-bond acceptors (Lipinski definition) is 4. The number of anilines is 1. The molecule has 3 rings (SSSR count). The highest BCUT2D eigenvalue weighted by molar-refractivity contribution is 7.89. The zero-order valence-electron chi connectivity index (χ0n) is 16.7. The van der Waals surface area contributed by atoms with Gasteiger partial charge in [-0.2, -0.15) is 0 Å². The second-order valence-electron chi connectivity index (χ2n) is 6.65. The van der Waals surface area contributed by atoms with Crippen LogP contribution in [0.1, 0.15) is 11.1 Å². The molecule has 0 bridgehead atoms. The van der Waals surface area contributed by atoms with E-state index in [2.05, 4.69) is 37.5 Å².